The van der Waals surface area contributed by atoms with Crippen molar-refractivity contribution in [3.63, 3.8) is 0 Å². The van der Waals surface area contributed by atoms with E-state index in [9.17, 15) is 0 Å². The molecule has 0 unspecified atom stereocenters. The molecule has 0 aliphatic carbocycles. The summed E-state index contributed by atoms with van der Waals surface area (Å²) in [7, 11) is 0. The fourth-order valence-electron chi connectivity index (χ4n) is 0.226. The molecule has 0 aromatic rings. The van der Waals surface area contributed by atoms with Crippen LogP contribution in [-0.2, 0) is 0 Å². The van der Waals surface area contributed by atoms with Gasteiger partial charge in [-0.1, -0.05) is 0 Å². The van der Waals surface area contributed by atoms with Gasteiger partial charge < -0.3 is 0 Å². The Morgan fingerprint density at radius 1 is 1.00 bits per heavy atom. The second-order valence-corrected chi connectivity index (χ2v) is 8.30. The molecule has 0 rings (SSSR count). The molecule has 44 valence electrons. The molecular formula is C5H12Se2. The summed E-state index contributed by atoms with van der Waals surface area (Å²) in [5, 5.41) is 2.88. The zero-order chi connectivity index (χ0) is 5.54. The number of hydrogen-bond acceptors (Lipinski definition) is 0. The van der Waals surface area contributed by atoms with Gasteiger partial charge in [-0.3, -0.25) is 0 Å². The van der Waals surface area contributed by atoms with E-state index >= 15 is 0 Å². The fourth-order valence-corrected chi connectivity index (χ4v) is 6.09. The molecule has 0 aliphatic heterocycles. The van der Waals surface area contributed by atoms with E-state index in [1.807, 2.05) is 0 Å². The summed E-state index contributed by atoms with van der Waals surface area (Å²) in [6, 6.07) is 0. The molecule has 0 aromatic carbocycles. The van der Waals surface area contributed by atoms with Crippen LogP contribution in [0.5, 0.6) is 0 Å². The average molecular weight is 230 g/mol. The molecule has 0 nitrogen and oxygen atoms in total. The van der Waals surface area contributed by atoms with Crippen molar-refractivity contribution >= 4 is 29.9 Å². The second kappa shape index (κ2) is 7.04. The van der Waals surface area contributed by atoms with Crippen molar-refractivity contribution in [2.75, 3.05) is 0 Å². The van der Waals surface area contributed by atoms with Gasteiger partial charge in [0.2, 0.25) is 0 Å². The van der Waals surface area contributed by atoms with E-state index in [4.69, 9.17) is 0 Å². The van der Waals surface area contributed by atoms with Crippen molar-refractivity contribution < 1.29 is 0 Å². The Kier molecular flexibility index (Phi) is 8.08. The van der Waals surface area contributed by atoms with Gasteiger partial charge in [-0.2, -0.15) is 0 Å². The van der Waals surface area contributed by atoms with Crippen LogP contribution in [0.4, 0.5) is 0 Å². The van der Waals surface area contributed by atoms with Crippen LogP contribution in [0.2, 0.25) is 14.9 Å². The molecule has 0 radical (unpaired) electrons. The predicted octanol–water partition coefficient (Wildman–Crippen LogP) is 1.65. The Balaban J connectivity index is 2.45. The van der Waals surface area contributed by atoms with Crippen molar-refractivity contribution in [2.24, 2.45) is 0 Å². The van der Waals surface area contributed by atoms with Crippen LogP contribution in [0.3, 0.4) is 0 Å². The van der Waals surface area contributed by atoms with E-state index < -0.39 is 0 Å². The second-order valence-electron chi connectivity index (χ2n) is 1.10. The molecule has 0 atom stereocenters. The van der Waals surface area contributed by atoms with Crippen LogP contribution in [0, 0.1) is 0 Å². The van der Waals surface area contributed by atoms with Gasteiger partial charge in [0.15, 0.2) is 0 Å². The number of hydrogen-bond donors (Lipinski definition) is 0. The van der Waals surface area contributed by atoms with E-state index in [-0.39, 0.29) is 0 Å². The monoisotopic (exact) mass is 232 g/mol. The summed E-state index contributed by atoms with van der Waals surface area (Å²) in [4.78, 5) is 0. The van der Waals surface area contributed by atoms with Gasteiger partial charge in [0.1, 0.15) is 0 Å². The van der Waals surface area contributed by atoms with Crippen LogP contribution in [0.25, 0.3) is 0 Å². The third kappa shape index (κ3) is 7.04. The van der Waals surface area contributed by atoms with Crippen LogP contribution in [0.15, 0.2) is 0 Å². The Bertz CT molecular complexity index is 25.3. The van der Waals surface area contributed by atoms with Gasteiger partial charge >= 0.3 is 58.6 Å². The third-order valence-corrected chi connectivity index (χ3v) is 6.62. The average Bonchev–Trinajstić information content (AvgIpc) is 1.69. The van der Waals surface area contributed by atoms with Gasteiger partial charge in [-0.05, 0) is 0 Å². The Morgan fingerprint density at radius 2 is 1.43 bits per heavy atom. The zero-order valence-electron chi connectivity index (χ0n) is 4.94. The van der Waals surface area contributed by atoms with Gasteiger partial charge in [0, 0.05) is 0 Å². The first-order chi connectivity index (χ1) is 3.41. The summed E-state index contributed by atoms with van der Waals surface area (Å²) in [6.45, 7) is 4.57. The molecule has 0 heterocycles. The minimum absolute atomic E-state index is 0.996. The van der Waals surface area contributed by atoms with E-state index in [2.05, 4.69) is 13.8 Å². The van der Waals surface area contributed by atoms with E-state index in [1.54, 1.807) is 4.22 Å². The molecular weight excluding hydrogens is 218 g/mol. The van der Waals surface area contributed by atoms with E-state index in [0.29, 0.717) is 0 Å². The Labute approximate surface area is 58.8 Å². The molecule has 2 heteroatoms. The van der Waals surface area contributed by atoms with E-state index in [1.165, 1.54) is 10.6 Å². The topological polar surface area (TPSA) is 0 Å². The normalized spacial score (nSPS) is 9.43. The molecule has 0 aliphatic rings. The summed E-state index contributed by atoms with van der Waals surface area (Å²) in [5.41, 5.74) is 0. The van der Waals surface area contributed by atoms with Crippen molar-refractivity contribution in [2.45, 2.75) is 28.7 Å². The standard InChI is InChI=1S/C5H12Se2/c1-3-6-5-7-4-2/h3-5H2,1-2H3. The zero-order valence-corrected chi connectivity index (χ0v) is 8.36. The summed E-state index contributed by atoms with van der Waals surface area (Å²) in [5.74, 6) is 0. The molecule has 0 fully saturated rings. The van der Waals surface area contributed by atoms with Crippen molar-refractivity contribution in [1.29, 1.82) is 0 Å². The maximum atomic E-state index is 2.28. The fraction of sp³-hybridized carbons (Fsp3) is 1.00. The first-order valence-corrected chi connectivity index (χ1v) is 7.41. The molecule has 0 saturated heterocycles. The molecule has 0 spiro atoms. The van der Waals surface area contributed by atoms with Crippen LogP contribution in [-0.4, -0.2) is 29.9 Å². The summed E-state index contributed by atoms with van der Waals surface area (Å²) >= 11 is 1.99. The van der Waals surface area contributed by atoms with Gasteiger partial charge in [-0.25, -0.2) is 0 Å². The Hall–Kier alpha value is 1.04. The van der Waals surface area contributed by atoms with Crippen molar-refractivity contribution in [3.05, 3.63) is 0 Å². The summed E-state index contributed by atoms with van der Waals surface area (Å²) in [6.07, 6.45) is 0. The molecule has 0 saturated carbocycles. The molecule has 0 N–H and O–H groups in total. The minimum atomic E-state index is 0.996. The van der Waals surface area contributed by atoms with Gasteiger partial charge in [0.05, 0.1) is 0 Å². The van der Waals surface area contributed by atoms with Gasteiger partial charge in [-0.15, -0.1) is 0 Å². The van der Waals surface area contributed by atoms with Crippen LogP contribution < -0.4 is 0 Å². The first-order valence-electron chi connectivity index (χ1n) is 2.57. The van der Waals surface area contributed by atoms with Gasteiger partial charge in [0.25, 0.3) is 0 Å². The first kappa shape index (κ1) is 8.04. The van der Waals surface area contributed by atoms with E-state index in [0.717, 1.165) is 29.9 Å². The quantitative estimate of drug-likeness (QED) is 0.508. The maximum absolute atomic E-state index is 2.28. The summed E-state index contributed by atoms with van der Waals surface area (Å²) < 4.78 is 1.56. The number of rotatable bonds is 4. The van der Waals surface area contributed by atoms with Crippen LogP contribution in [0.1, 0.15) is 13.8 Å². The molecule has 0 amide bonds. The predicted molar refractivity (Wildman–Crippen MR) is 37.3 cm³/mol. The molecule has 0 bridgehead atoms. The van der Waals surface area contributed by atoms with Crippen LogP contribution >= 0.6 is 0 Å². The SMILES string of the molecule is CC[Se]C[Se]CC. The Morgan fingerprint density at radius 3 is 1.71 bits per heavy atom. The third-order valence-electron chi connectivity index (χ3n) is 0.575. The van der Waals surface area contributed by atoms with Crippen molar-refractivity contribution in [3.8, 4) is 0 Å². The van der Waals surface area contributed by atoms with Crippen molar-refractivity contribution in [1.82, 2.24) is 0 Å². The molecule has 7 heavy (non-hydrogen) atoms. The molecule has 0 aromatic heterocycles.